The van der Waals surface area contributed by atoms with Gasteiger partial charge in [-0.05, 0) is 19.1 Å². The van der Waals surface area contributed by atoms with Crippen molar-refractivity contribution in [2.75, 3.05) is 39.4 Å². The Morgan fingerprint density at radius 1 is 1.18 bits per heavy atom. The van der Waals surface area contributed by atoms with Gasteiger partial charge in [-0.1, -0.05) is 12.1 Å². The molecule has 0 aliphatic carbocycles. The monoisotopic (exact) mass is 324 g/mol. The molecule has 2 heterocycles. The highest BCUT2D eigenvalue weighted by molar-refractivity contribution is 7.89. The Kier molecular flexibility index (Phi) is 4.31. The number of sulfonamides is 1. The number of carbonyl (C=O) groups excluding carboxylic acids is 1. The molecule has 0 bridgehead atoms. The average Bonchev–Trinajstić information content (AvgIpc) is 2.54. The second-order valence-corrected chi connectivity index (χ2v) is 7.65. The second-order valence-electron chi connectivity index (χ2n) is 5.71. The van der Waals surface area contributed by atoms with Crippen molar-refractivity contribution >= 4 is 15.8 Å². The van der Waals surface area contributed by atoms with Gasteiger partial charge in [0.05, 0.1) is 18.1 Å². The fourth-order valence-corrected chi connectivity index (χ4v) is 4.42. The first-order valence-electron chi connectivity index (χ1n) is 7.41. The van der Waals surface area contributed by atoms with Crippen LogP contribution in [0.5, 0.6) is 0 Å². The van der Waals surface area contributed by atoms with Gasteiger partial charge in [0.25, 0.3) is 0 Å². The lowest BCUT2D eigenvalue weighted by Crippen LogP contribution is -2.58. The molecule has 2 fully saturated rings. The SMILES string of the molecule is CC(=O)c1ccc(S(=O)(=O)N2CCN3CCOC[C@@H]3C2)cc1. The molecule has 0 saturated carbocycles. The predicted molar refractivity (Wildman–Crippen MR) is 81.4 cm³/mol. The van der Waals surface area contributed by atoms with Crippen LogP contribution >= 0.6 is 0 Å². The van der Waals surface area contributed by atoms with Crippen molar-refractivity contribution in [3.05, 3.63) is 29.8 Å². The first kappa shape index (κ1) is 15.6. The van der Waals surface area contributed by atoms with E-state index in [9.17, 15) is 13.2 Å². The molecule has 6 nitrogen and oxygen atoms in total. The molecular formula is C15H20N2O4S. The number of ketones is 1. The molecule has 0 aromatic heterocycles. The van der Waals surface area contributed by atoms with Gasteiger partial charge in [-0.25, -0.2) is 8.42 Å². The lowest BCUT2D eigenvalue weighted by molar-refractivity contribution is -0.0304. The van der Waals surface area contributed by atoms with Gasteiger partial charge in [0, 0.05) is 37.8 Å². The average molecular weight is 324 g/mol. The highest BCUT2D eigenvalue weighted by Gasteiger charge is 2.35. The van der Waals surface area contributed by atoms with Gasteiger partial charge < -0.3 is 4.74 Å². The Hall–Kier alpha value is -1.28. The van der Waals surface area contributed by atoms with Crippen LogP contribution in [0.4, 0.5) is 0 Å². The molecule has 0 amide bonds. The minimum absolute atomic E-state index is 0.0723. The zero-order valence-electron chi connectivity index (χ0n) is 12.6. The Morgan fingerprint density at radius 2 is 1.91 bits per heavy atom. The lowest BCUT2D eigenvalue weighted by atomic mass is 10.2. The fraction of sp³-hybridized carbons (Fsp3) is 0.533. The van der Waals surface area contributed by atoms with Crippen LogP contribution < -0.4 is 0 Å². The van der Waals surface area contributed by atoms with Gasteiger partial charge in [0.15, 0.2) is 5.78 Å². The molecule has 0 spiro atoms. The maximum absolute atomic E-state index is 12.7. The van der Waals surface area contributed by atoms with E-state index < -0.39 is 10.0 Å². The molecule has 0 N–H and O–H groups in total. The fourth-order valence-electron chi connectivity index (χ4n) is 2.95. The quantitative estimate of drug-likeness (QED) is 0.762. The van der Waals surface area contributed by atoms with Gasteiger partial charge in [-0.15, -0.1) is 0 Å². The minimum Gasteiger partial charge on any atom is -0.378 e. The van der Waals surface area contributed by atoms with E-state index in [4.69, 9.17) is 4.74 Å². The van der Waals surface area contributed by atoms with E-state index in [1.165, 1.54) is 23.4 Å². The number of morpholine rings is 1. The van der Waals surface area contributed by atoms with Crippen LogP contribution in [0.3, 0.4) is 0 Å². The summed E-state index contributed by atoms with van der Waals surface area (Å²) in [5.41, 5.74) is 0.518. The number of nitrogens with zero attached hydrogens (tertiary/aromatic N) is 2. The molecule has 2 saturated heterocycles. The number of fused-ring (bicyclic) bond motifs is 1. The maximum atomic E-state index is 12.7. The number of piperazine rings is 1. The summed E-state index contributed by atoms with van der Waals surface area (Å²) in [5.74, 6) is -0.0723. The number of ether oxygens (including phenoxy) is 1. The predicted octanol–water partition coefficient (Wildman–Crippen LogP) is 0.594. The van der Waals surface area contributed by atoms with Crippen LogP contribution in [0.1, 0.15) is 17.3 Å². The van der Waals surface area contributed by atoms with Crippen LogP contribution in [0.15, 0.2) is 29.2 Å². The smallest absolute Gasteiger partial charge is 0.243 e. The summed E-state index contributed by atoms with van der Waals surface area (Å²) in [5, 5.41) is 0. The Labute approximate surface area is 130 Å². The molecule has 1 aromatic carbocycles. The summed E-state index contributed by atoms with van der Waals surface area (Å²) in [6.07, 6.45) is 0. The summed E-state index contributed by atoms with van der Waals surface area (Å²) >= 11 is 0. The molecule has 0 unspecified atom stereocenters. The molecule has 2 aliphatic heterocycles. The molecule has 22 heavy (non-hydrogen) atoms. The van der Waals surface area contributed by atoms with Gasteiger partial charge >= 0.3 is 0 Å². The van der Waals surface area contributed by atoms with Crippen LogP contribution in [-0.4, -0.2) is 68.8 Å². The Balaban J connectivity index is 1.79. The van der Waals surface area contributed by atoms with Crippen molar-refractivity contribution in [1.29, 1.82) is 0 Å². The molecule has 120 valence electrons. The number of Topliss-reactive ketones (excluding diaryl/α,β-unsaturated/α-hetero) is 1. The zero-order chi connectivity index (χ0) is 15.7. The lowest BCUT2D eigenvalue weighted by Gasteiger charge is -2.43. The van der Waals surface area contributed by atoms with Crippen molar-refractivity contribution in [2.24, 2.45) is 0 Å². The van der Waals surface area contributed by atoms with Crippen molar-refractivity contribution in [2.45, 2.75) is 17.9 Å². The van der Waals surface area contributed by atoms with E-state index in [0.717, 1.165) is 19.7 Å². The van der Waals surface area contributed by atoms with E-state index in [1.807, 2.05) is 0 Å². The van der Waals surface area contributed by atoms with Crippen LogP contribution in [0.25, 0.3) is 0 Å². The number of hydrogen-bond donors (Lipinski definition) is 0. The van der Waals surface area contributed by atoms with Crippen molar-refractivity contribution in [3.63, 3.8) is 0 Å². The first-order chi connectivity index (χ1) is 10.5. The topological polar surface area (TPSA) is 66.9 Å². The third-order valence-electron chi connectivity index (χ3n) is 4.30. The molecular weight excluding hydrogens is 304 g/mol. The molecule has 0 radical (unpaired) electrons. The maximum Gasteiger partial charge on any atom is 0.243 e. The van der Waals surface area contributed by atoms with Gasteiger partial charge in [-0.2, -0.15) is 4.31 Å². The molecule has 1 aromatic rings. The summed E-state index contributed by atoms with van der Waals surface area (Å²) in [7, 11) is -3.52. The summed E-state index contributed by atoms with van der Waals surface area (Å²) < 4.78 is 32.4. The standard InChI is InChI=1S/C15H20N2O4S/c1-12(18)13-2-4-15(5-3-13)22(19,20)17-7-6-16-8-9-21-11-14(16)10-17/h2-5,14H,6-11H2,1H3/t14-/m0/s1. The molecule has 3 rings (SSSR count). The van der Waals surface area contributed by atoms with Gasteiger partial charge in [-0.3, -0.25) is 9.69 Å². The van der Waals surface area contributed by atoms with Crippen molar-refractivity contribution in [1.82, 2.24) is 9.21 Å². The van der Waals surface area contributed by atoms with E-state index in [1.54, 1.807) is 12.1 Å². The summed E-state index contributed by atoms with van der Waals surface area (Å²) in [6.45, 7) is 5.31. The minimum atomic E-state index is -3.52. The van der Waals surface area contributed by atoms with Crippen LogP contribution in [-0.2, 0) is 14.8 Å². The highest BCUT2D eigenvalue weighted by Crippen LogP contribution is 2.22. The van der Waals surface area contributed by atoms with E-state index >= 15 is 0 Å². The summed E-state index contributed by atoms with van der Waals surface area (Å²) in [4.78, 5) is 13.8. The van der Waals surface area contributed by atoms with Crippen LogP contribution in [0.2, 0.25) is 0 Å². The Bertz CT molecular complexity index is 657. The van der Waals surface area contributed by atoms with Crippen molar-refractivity contribution in [3.8, 4) is 0 Å². The summed E-state index contributed by atoms with van der Waals surface area (Å²) in [6, 6.07) is 6.28. The van der Waals surface area contributed by atoms with E-state index in [0.29, 0.717) is 25.3 Å². The second kappa shape index (κ2) is 6.08. The Morgan fingerprint density at radius 3 is 2.59 bits per heavy atom. The number of rotatable bonds is 3. The van der Waals surface area contributed by atoms with E-state index in [2.05, 4.69) is 4.90 Å². The largest absolute Gasteiger partial charge is 0.378 e. The van der Waals surface area contributed by atoms with E-state index in [-0.39, 0.29) is 16.7 Å². The number of carbonyl (C=O) groups is 1. The molecule has 1 atom stereocenters. The molecule has 2 aliphatic rings. The number of benzene rings is 1. The van der Waals surface area contributed by atoms with Crippen molar-refractivity contribution < 1.29 is 17.9 Å². The third kappa shape index (κ3) is 2.94. The normalized spacial score (nSPS) is 24.0. The zero-order valence-corrected chi connectivity index (χ0v) is 13.4. The highest BCUT2D eigenvalue weighted by atomic mass is 32.2. The number of hydrogen-bond acceptors (Lipinski definition) is 5. The molecule has 7 heteroatoms. The first-order valence-corrected chi connectivity index (χ1v) is 8.85. The van der Waals surface area contributed by atoms with Gasteiger partial charge in [0.1, 0.15) is 0 Å². The van der Waals surface area contributed by atoms with Crippen LogP contribution in [0, 0.1) is 0 Å². The van der Waals surface area contributed by atoms with Gasteiger partial charge in [0.2, 0.25) is 10.0 Å². The third-order valence-corrected chi connectivity index (χ3v) is 6.18.